The molecular formula is C10H9FN4. The number of nitrogens with zero attached hydrogens (tertiary/aromatic N) is 2. The molecule has 0 aliphatic heterocycles. The lowest BCUT2D eigenvalue weighted by Gasteiger charge is -1.99. The topological polar surface area (TPSA) is 67.7 Å². The smallest absolute Gasteiger partial charge is 0.126 e. The molecule has 0 saturated heterocycles. The van der Waals surface area contributed by atoms with Gasteiger partial charge in [-0.05, 0) is 24.3 Å². The van der Waals surface area contributed by atoms with E-state index in [2.05, 4.69) is 5.10 Å². The maximum Gasteiger partial charge on any atom is 0.126 e. The average Bonchev–Trinajstić information content (AvgIpc) is 2.68. The Bertz CT molecular complexity index is 486. The van der Waals surface area contributed by atoms with Crippen LogP contribution in [0, 0.1) is 11.2 Å². The van der Waals surface area contributed by atoms with Crippen molar-refractivity contribution in [1.29, 1.82) is 5.41 Å². The van der Waals surface area contributed by atoms with E-state index in [9.17, 15) is 4.39 Å². The third-order valence-electron chi connectivity index (χ3n) is 1.98. The highest BCUT2D eigenvalue weighted by Crippen LogP contribution is 2.08. The molecule has 1 aromatic heterocycles. The summed E-state index contributed by atoms with van der Waals surface area (Å²) in [5.74, 6) is -0.332. The zero-order valence-corrected chi connectivity index (χ0v) is 7.81. The van der Waals surface area contributed by atoms with Gasteiger partial charge in [0, 0.05) is 6.20 Å². The molecule has 0 saturated carbocycles. The molecule has 0 aliphatic rings. The van der Waals surface area contributed by atoms with Gasteiger partial charge in [-0.1, -0.05) is 0 Å². The van der Waals surface area contributed by atoms with E-state index in [1.165, 1.54) is 23.0 Å². The van der Waals surface area contributed by atoms with Gasteiger partial charge in [0.15, 0.2) is 0 Å². The Morgan fingerprint density at radius 1 is 1.33 bits per heavy atom. The second-order valence-electron chi connectivity index (χ2n) is 3.06. The standard InChI is InChI=1S/C10H9FN4/c11-8-1-3-9(4-2-8)15-6-7(5-14-15)10(12)13/h1-6H,(H3,12,13). The molecule has 0 amide bonds. The van der Waals surface area contributed by atoms with Crippen LogP contribution in [0.4, 0.5) is 4.39 Å². The van der Waals surface area contributed by atoms with Gasteiger partial charge in [-0.15, -0.1) is 0 Å². The van der Waals surface area contributed by atoms with Gasteiger partial charge >= 0.3 is 0 Å². The molecule has 0 fully saturated rings. The second-order valence-corrected chi connectivity index (χ2v) is 3.06. The summed E-state index contributed by atoms with van der Waals surface area (Å²) >= 11 is 0. The molecule has 4 nitrogen and oxygen atoms in total. The highest BCUT2D eigenvalue weighted by atomic mass is 19.1. The van der Waals surface area contributed by atoms with Crippen molar-refractivity contribution < 1.29 is 4.39 Å². The third-order valence-corrected chi connectivity index (χ3v) is 1.98. The van der Waals surface area contributed by atoms with Gasteiger partial charge in [0.25, 0.3) is 0 Å². The van der Waals surface area contributed by atoms with Crippen molar-refractivity contribution in [1.82, 2.24) is 9.78 Å². The normalized spacial score (nSPS) is 10.2. The number of nitrogen functional groups attached to an aromatic ring is 1. The number of nitrogens with one attached hydrogen (secondary N) is 1. The molecule has 0 bridgehead atoms. The van der Waals surface area contributed by atoms with E-state index in [0.717, 1.165) is 5.69 Å². The quantitative estimate of drug-likeness (QED) is 0.571. The molecule has 0 atom stereocenters. The summed E-state index contributed by atoms with van der Waals surface area (Å²) in [7, 11) is 0. The van der Waals surface area contributed by atoms with Crippen LogP contribution in [-0.4, -0.2) is 15.6 Å². The fourth-order valence-corrected chi connectivity index (χ4v) is 1.20. The lowest BCUT2D eigenvalue weighted by atomic mass is 10.3. The third kappa shape index (κ3) is 1.85. The second kappa shape index (κ2) is 3.53. The molecule has 0 radical (unpaired) electrons. The zero-order chi connectivity index (χ0) is 10.8. The summed E-state index contributed by atoms with van der Waals surface area (Å²) in [5.41, 5.74) is 6.57. The summed E-state index contributed by atoms with van der Waals surface area (Å²) in [5, 5.41) is 11.2. The first-order chi connectivity index (χ1) is 7.16. The van der Waals surface area contributed by atoms with Crippen molar-refractivity contribution in [3.8, 4) is 5.69 Å². The molecular weight excluding hydrogens is 195 g/mol. The maximum absolute atomic E-state index is 12.7. The van der Waals surface area contributed by atoms with Gasteiger partial charge in [-0.25, -0.2) is 9.07 Å². The zero-order valence-electron chi connectivity index (χ0n) is 7.81. The molecule has 3 N–H and O–H groups in total. The van der Waals surface area contributed by atoms with Crippen LogP contribution in [0.15, 0.2) is 36.7 Å². The van der Waals surface area contributed by atoms with Crippen molar-refractivity contribution >= 4 is 5.84 Å². The van der Waals surface area contributed by atoms with Crippen LogP contribution in [0.25, 0.3) is 5.69 Å². The van der Waals surface area contributed by atoms with Gasteiger partial charge in [0.1, 0.15) is 11.7 Å². The lowest BCUT2D eigenvalue weighted by Crippen LogP contribution is -2.09. The SMILES string of the molecule is N=C(N)c1cnn(-c2ccc(F)cc2)c1. The average molecular weight is 204 g/mol. The molecule has 0 unspecified atom stereocenters. The van der Waals surface area contributed by atoms with Gasteiger partial charge < -0.3 is 5.73 Å². The molecule has 2 aromatic rings. The first kappa shape index (κ1) is 9.39. The fourth-order valence-electron chi connectivity index (χ4n) is 1.20. The van der Waals surface area contributed by atoms with Crippen LogP contribution in [0.1, 0.15) is 5.56 Å². The highest BCUT2D eigenvalue weighted by Gasteiger charge is 2.02. The van der Waals surface area contributed by atoms with E-state index in [1.807, 2.05) is 0 Å². The first-order valence-corrected chi connectivity index (χ1v) is 4.32. The van der Waals surface area contributed by atoms with Crippen molar-refractivity contribution in [2.45, 2.75) is 0 Å². The molecule has 0 spiro atoms. The minimum atomic E-state index is -0.294. The van der Waals surface area contributed by atoms with E-state index >= 15 is 0 Å². The van der Waals surface area contributed by atoms with Gasteiger partial charge in [0.05, 0.1) is 17.4 Å². The number of hydrogen-bond donors (Lipinski definition) is 2. The highest BCUT2D eigenvalue weighted by molar-refractivity contribution is 5.94. The molecule has 5 heteroatoms. The fraction of sp³-hybridized carbons (Fsp3) is 0. The number of amidine groups is 1. The van der Waals surface area contributed by atoms with Gasteiger partial charge in [-0.3, -0.25) is 5.41 Å². The predicted octanol–water partition coefficient (Wildman–Crippen LogP) is 1.30. The number of nitrogens with two attached hydrogens (primary N) is 1. The van der Waals surface area contributed by atoms with Crippen LogP contribution in [0.5, 0.6) is 0 Å². The first-order valence-electron chi connectivity index (χ1n) is 4.32. The van der Waals surface area contributed by atoms with Crippen LogP contribution in [0.2, 0.25) is 0 Å². The molecule has 1 aromatic carbocycles. The van der Waals surface area contributed by atoms with Crippen LogP contribution < -0.4 is 5.73 Å². The Morgan fingerprint density at radius 2 is 2.00 bits per heavy atom. The minimum Gasteiger partial charge on any atom is -0.384 e. The Kier molecular flexibility index (Phi) is 2.21. The summed E-state index contributed by atoms with van der Waals surface area (Å²) in [4.78, 5) is 0. The van der Waals surface area contributed by atoms with Crippen LogP contribution in [0.3, 0.4) is 0 Å². The molecule has 15 heavy (non-hydrogen) atoms. The van der Waals surface area contributed by atoms with Crippen LogP contribution >= 0.6 is 0 Å². The maximum atomic E-state index is 12.7. The Labute approximate surface area is 85.7 Å². The largest absolute Gasteiger partial charge is 0.384 e. The summed E-state index contributed by atoms with van der Waals surface area (Å²) in [6.07, 6.45) is 3.11. The number of benzene rings is 1. The Hall–Kier alpha value is -2.17. The van der Waals surface area contributed by atoms with Crippen molar-refractivity contribution in [2.75, 3.05) is 0 Å². The number of hydrogen-bond acceptors (Lipinski definition) is 2. The summed E-state index contributed by atoms with van der Waals surface area (Å²) in [6.45, 7) is 0. The summed E-state index contributed by atoms with van der Waals surface area (Å²) in [6, 6.07) is 5.91. The number of rotatable bonds is 2. The van der Waals surface area contributed by atoms with Gasteiger partial charge in [-0.2, -0.15) is 5.10 Å². The van der Waals surface area contributed by atoms with E-state index in [1.54, 1.807) is 18.3 Å². The van der Waals surface area contributed by atoms with E-state index < -0.39 is 0 Å². The molecule has 76 valence electrons. The predicted molar refractivity (Wildman–Crippen MR) is 54.5 cm³/mol. The lowest BCUT2D eigenvalue weighted by molar-refractivity contribution is 0.627. The van der Waals surface area contributed by atoms with Crippen LogP contribution in [-0.2, 0) is 0 Å². The van der Waals surface area contributed by atoms with E-state index in [-0.39, 0.29) is 11.7 Å². The van der Waals surface area contributed by atoms with E-state index in [4.69, 9.17) is 11.1 Å². The molecule has 2 rings (SSSR count). The minimum absolute atomic E-state index is 0.0386. The molecule has 0 aliphatic carbocycles. The number of aromatic nitrogens is 2. The van der Waals surface area contributed by atoms with Crippen molar-refractivity contribution in [3.05, 3.63) is 48.0 Å². The monoisotopic (exact) mass is 204 g/mol. The van der Waals surface area contributed by atoms with E-state index in [0.29, 0.717) is 5.56 Å². The van der Waals surface area contributed by atoms with Crippen molar-refractivity contribution in [3.63, 3.8) is 0 Å². The number of halogens is 1. The Morgan fingerprint density at radius 3 is 2.53 bits per heavy atom. The summed E-state index contributed by atoms with van der Waals surface area (Å²) < 4.78 is 14.2. The Balaban J connectivity index is 2.37. The van der Waals surface area contributed by atoms with Crippen molar-refractivity contribution in [2.24, 2.45) is 5.73 Å². The molecule has 1 heterocycles. The van der Waals surface area contributed by atoms with Gasteiger partial charge in [0.2, 0.25) is 0 Å².